The first-order valence-electron chi connectivity index (χ1n) is 9.30. The number of nitrogens with zero attached hydrogens (tertiary/aromatic N) is 3. The summed E-state index contributed by atoms with van der Waals surface area (Å²) in [7, 11) is 0. The summed E-state index contributed by atoms with van der Waals surface area (Å²) < 4.78 is 7.24. The first kappa shape index (κ1) is 17.1. The number of benzene rings is 1. The molecule has 1 aliphatic heterocycles. The van der Waals surface area contributed by atoms with E-state index in [2.05, 4.69) is 48.2 Å². The summed E-state index contributed by atoms with van der Waals surface area (Å²) in [6.07, 6.45) is 2.36. The molecule has 0 saturated carbocycles. The minimum atomic E-state index is 0.380. The molecule has 6 heteroatoms. The number of thiophene rings is 1. The van der Waals surface area contributed by atoms with Crippen molar-refractivity contribution in [3.8, 4) is 10.8 Å². The molecule has 0 bridgehead atoms. The summed E-state index contributed by atoms with van der Waals surface area (Å²) in [5.74, 6) is 1.67. The fraction of sp³-hybridized carbons (Fsp3) is 0.333. The van der Waals surface area contributed by atoms with Gasteiger partial charge >= 0.3 is 0 Å². The molecule has 1 fully saturated rings. The van der Waals surface area contributed by atoms with Gasteiger partial charge in [-0.1, -0.05) is 12.1 Å². The number of oxazole rings is 1. The average Bonchev–Trinajstić information content (AvgIpc) is 3.42. The second-order valence-corrected chi connectivity index (χ2v) is 9.43. The monoisotopic (exact) mass is 395 g/mol. The Labute approximate surface area is 166 Å². The van der Waals surface area contributed by atoms with Crippen LogP contribution in [0.2, 0.25) is 0 Å². The molecule has 1 saturated heterocycles. The van der Waals surface area contributed by atoms with Crippen molar-refractivity contribution in [1.29, 1.82) is 0 Å². The molecule has 0 aliphatic carbocycles. The predicted octanol–water partition coefficient (Wildman–Crippen LogP) is 5.97. The highest BCUT2D eigenvalue weighted by molar-refractivity contribution is 7.18. The van der Waals surface area contributed by atoms with Crippen molar-refractivity contribution < 1.29 is 4.42 Å². The average molecular weight is 396 g/mol. The number of rotatable bonds is 4. The molecule has 27 heavy (non-hydrogen) atoms. The quantitative estimate of drug-likeness (QED) is 0.427. The van der Waals surface area contributed by atoms with E-state index in [4.69, 9.17) is 14.4 Å². The van der Waals surface area contributed by atoms with Gasteiger partial charge in [0, 0.05) is 11.4 Å². The van der Waals surface area contributed by atoms with Crippen LogP contribution in [0.3, 0.4) is 0 Å². The molecule has 0 radical (unpaired) electrons. The molecule has 138 valence electrons. The Bertz CT molecular complexity index is 1060. The molecule has 1 aromatic carbocycles. The van der Waals surface area contributed by atoms with Crippen LogP contribution in [0.25, 0.3) is 21.0 Å². The fourth-order valence-electron chi connectivity index (χ4n) is 3.75. The summed E-state index contributed by atoms with van der Waals surface area (Å²) in [5, 5.41) is 1.23. The minimum absolute atomic E-state index is 0.380. The summed E-state index contributed by atoms with van der Waals surface area (Å²) in [5.41, 5.74) is 2.15. The minimum Gasteiger partial charge on any atom is -0.440 e. The van der Waals surface area contributed by atoms with Crippen molar-refractivity contribution in [3.63, 3.8) is 0 Å². The van der Waals surface area contributed by atoms with E-state index in [0.29, 0.717) is 6.04 Å². The van der Waals surface area contributed by atoms with Gasteiger partial charge in [0.2, 0.25) is 5.89 Å². The molecule has 4 nitrogen and oxygen atoms in total. The Morgan fingerprint density at radius 3 is 2.81 bits per heavy atom. The topological polar surface area (TPSA) is 42.2 Å². The first-order chi connectivity index (χ1) is 13.2. The van der Waals surface area contributed by atoms with Gasteiger partial charge in [0.1, 0.15) is 10.8 Å². The van der Waals surface area contributed by atoms with Crippen molar-refractivity contribution in [1.82, 2.24) is 14.9 Å². The summed E-state index contributed by atoms with van der Waals surface area (Å²) in [6, 6.07) is 13.0. The van der Waals surface area contributed by atoms with Gasteiger partial charge in [0.15, 0.2) is 0 Å². The number of para-hydroxylation sites is 1. The molecule has 0 amide bonds. The van der Waals surface area contributed by atoms with E-state index in [9.17, 15) is 0 Å². The van der Waals surface area contributed by atoms with Crippen LogP contribution in [-0.2, 0) is 6.54 Å². The van der Waals surface area contributed by atoms with Crippen molar-refractivity contribution >= 4 is 32.9 Å². The second kappa shape index (κ2) is 6.86. The molecular weight excluding hydrogens is 374 g/mol. The number of hydrogen-bond donors (Lipinski definition) is 0. The Hall–Kier alpha value is -2.02. The van der Waals surface area contributed by atoms with Gasteiger partial charge in [-0.15, -0.1) is 22.7 Å². The van der Waals surface area contributed by atoms with Crippen LogP contribution < -0.4 is 0 Å². The van der Waals surface area contributed by atoms with Crippen LogP contribution in [0.4, 0.5) is 0 Å². The van der Waals surface area contributed by atoms with E-state index in [0.717, 1.165) is 47.2 Å². The number of aryl methyl sites for hydroxylation is 2. The molecular formula is C21H21N3OS2. The predicted molar refractivity (Wildman–Crippen MR) is 111 cm³/mol. The first-order valence-corrected chi connectivity index (χ1v) is 10.9. The third-order valence-electron chi connectivity index (χ3n) is 5.16. The molecule has 1 atom stereocenters. The maximum absolute atomic E-state index is 5.97. The Kier molecular flexibility index (Phi) is 4.34. The molecule has 5 rings (SSSR count). The van der Waals surface area contributed by atoms with Crippen LogP contribution >= 0.6 is 22.7 Å². The normalized spacial score (nSPS) is 17.9. The molecule has 1 aliphatic rings. The Balaban J connectivity index is 1.40. The molecule has 0 spiro atoms. The van der Waals surface area contributed by atoms with Gasteiger partial charge in [-0.2, -0.15) is 0 Å². The lowest BCUT2D eigenvalue weighted by atomic mass is 10.2. The molecule has 4 aromatic rings. The van der Waals surface area contributed by atoms with Gasteiger partial charge in [-0.05, 0) is 57.5 Å². The number of aromatic nitrogens is 2. The lowest BCUT2D eigenvalue weighted by Gasteiger charge is -2.21. The van der Waals surface area contributed by atoms with Crippen molar-refractivity contribution in [2.45, 2.75) is 39.3 Å². The van der Waals surface area contributed by atoms with E-state index in [1.54, 1.807) is 11.3 Å². The largest absolute Gasteiger partial charge is 0.440 e. The maximum Gasteiger partial charge on any atom is 0.236 e. The Morgan fingerprint density at radius 1 is 1.11 bits per heavy atom. The summed E-state index contributed by atoms with van der Waals surface area (Å²) in [4.78, 5) is 14.6. The number of likely N-dealkylation sites (tertiary alicyclic amines) is 1. The maximum atomic E-state index is 5.97. The summed E-state index contributed by atoms with van der Waals surface area (Å²) >= 11 is 3.55. The number of hydrogen-bond acceptors (Lipinski definition) is 6. The van der Waals surface area contributed by atoms with E-state index < -0.39 is 0 Å². The van der Waals surface area contributed by atoms with Gasteiger partial charge in [-0.25, -0.2) is 9.97 Å². The van der Waals surface area contributed by atoms with Crippen LogP contribution in [-0.4, -0.2) is 21.4 Å². The lowest BCUT2D eigenvalue weighted by molar-refractivity contribution is 0.244. The zero-order chi connectivity index (χ0) is 18.4. The standard InChI is InChI=1S/C21H21N3OS2/c1-13-9-10-19(26-13)20-22-16(14(2)25-20)12-24-11-5-7-17(24)21-23-15-6-3-4-8-18(15)27-21/h3-4,6,8-10,17H,5,7,11-12H2,1-2H3. The van der Waals surface area contributed by atoms with Crippen LogP contribution in [0.15, 0.2) is 40.8 Å². The van der Waals surface area contributed by atoms with Crippen molar-refractivity contribution in [3.05, 3.63) is 57.7 Å². The van der Waals surface area contributed by atoms with E-state index in [1.165, 1.54) is 21.0 Å². The highest BCUT2D eigenvalue weighted by atomic mass is 32.1. The second-order valence-electron chi connectivity index (χ2n) is 7.08. The summed E-state index contributed by atoms with van der Waals surface area (Å²) in [6.45, 7) is 6.04. The molecule has 4 heterocycles. The smallest absolute Gasteiger partial charge is 0.236 e. The number of fused-ring (bicyclic) bond motifs is 1. The number of thiazole rings is 1. The van der Waals surface area contributed by atoms with E-state index >= 15 is 0 Å². The highest BCUT2D eigenvalue weighted by Gasteiger charge is 2.30. The fourth-order valence-corrected chi connectivity index (χ4v) is 5.68. The van der Waals surface area contributed by atoms with E-state index in [-0.39, 0.29) is 0 Å². The van der Waals surface area contributed by atoms with Gasteiger partial charge in [0.25, 0.3) is 0 Å². The third kappa shape index (κ3) is 3.22. The van der Waals surface area contributed by atoms with Gasteiger partial charge < -0.3 is 4.42 Å². The highest BCUT2D eigenvalue weighted by Crippen LogP contribution is 2.38. The zero-order valence-electron chi connectivity index (χ0n) is 15.4. The van der Waals surface area contributed by atoms with Gasteiger partial charge in [0.05, 0.1) is 26.8 Å². The Morgan fingerprint density at radius 2 is 2.00 bits per heavy atom. The molecule has 3 aromatic heterocycles. The van der Waals surface area contributed by atoms with Gasteiger partial charge in [-0.3, -0.25) is 4.90 Å². The van der Waals surface area contributed by atoms with Crippen LogP contribution in [0.5, 0.6) is 0 Å². The third-order valence-corrected chi connectivity index (χ3v) is 7.28. The lowest BCUT2D eigenvalue weighted by Crippen LogP contribution is -2.23. The van der Waals surface area contributed by atoms with Crippen LogP contribution in [0.1, 0.15) is 40.2 Å². The molecule has 1 unspecified atom stereocenters. The molecule has 0 N–H and O–H groups in total. The zero-order valence-corrected chi connectivity index (χ0v) is 17.1. The van der Waals surface area contributed by atoms with Crippen LogP contribution in [0, 0.1) is 13.8 Å². The van der Waals surface area contributed by atoms with Crippen molar-refractivity contribution in [2.24, 2.45) is 0 Å². The SMILES string of the molecule is Cc1ccc(-c2nc(CN3CCCC3c3nc4ccccc4s3)c(C)o2)s1. The van der Waals surface area contributed by atoms with Crippen molar-refractivity contribution in [2.75, 3.05) is 6.54 Å². The van der Waals surface area contributed by atoms with E-state index in [1.807, 2.05) is 18.3 Å².